The second-order valence-electron chi connectivity index (χ2n) is 3.22. The molecule has 5 nitrogen and oxygen atoms in total. The van der Waals surface area contributed by atoms with Crippen LogP contribution in [0.15, 0.2) is 12.1 Å². The Balaban J connectivity index is 3.30. The van der Waals surface area contributed by atoms with Gasteiger partial charge in [0.2, 0.25) is 5.92 Å². The molecule has 0 saturated carbocycles. The van der Waals surface area contributed by atoms with Crippen molar-refractivity contribution in [1.29, 1.82) is 0 Å². The van der Waals surface area contributed by atoms with E-state index < -0.39 is 45.9 Å². The Morgan fingerprint density at radius 1 is 1.06 bits per heavy atom. The first-order chi connectivity index (χ1) is 8.25. The van der Waals surface area contributed by atoms with Crippen molar-refractivity contribution in [2.24, 2.45) is 5.92 Å². The van der Waals surface area contributed by atoms with Crippen LogP contribution >= 0.6 is 11.6 Å². The number of Topliss-reactive ketones (excluding diaryl/α,β-unsaturated/α-hetero) is 1. The summed E-state index contributed by atoms with van der Waals surface area (Å²) in [5, 5.41) is 16.6. The first kappa shape index (κ1) is 14.0. The van der Waals surface area contributed by atoms with Gasteiger partial charge in [-0.1, -0.05) is 11.6 Å². The van der Waals surface area contributed by atoms with E-state index in [-0.39, 0.29) is 0 Å². The molecular formula is C10H5ClF2O5. The summed E-state index contributed by atoms with van der Waals surface area (Å²) in [5.74, 6) is -10.5. The zero-order valence-electron chi connectivity index (χ0n) is 8.49. The van der Waals surface area contributed by atoms with Crippen molar-refractivity contribution in [3.63, 3.8) is 0 Å². The molecule has 0 aliphatic carbocycles. The zero-order chi connectivity index (χ0) is 14.0. The van der Waals surface area contributed by atoms with E-state index >= 15 is 0 Å². The molecule has 0 aliphatic rings. The van der Waals surface area contributed by atoms with Crippen molar-refractivity contribution in [3.8, 4) is 0 Å². The molecule has 0 unspecified atom stereocenters. The Hall–Kier alpha value is -2.02. The smallest absolute Gasteiger partial charge is 0.325 e. The minimum atomic E-state index is -2.42. The van der Waals surface area contributed by atoms with Crippen molar-refractivity contribution >= 4 is 29.3 Å². The lowest BCUT2D eigenvalue weighted by atomic mass is 9.97. The normalized spacial score (nSPS) is 10.4. The summed E-state index contributed by atoms with van der Waals surface area (Å²) in [4.78, 5) is 32.8. The van der Waals surface area contributed by atoms with Crippen molar-refractivity contribution in [2.45, 2.75) is 0 Å². The molecule has 0 amide bonds. The summed E-state index contributed by atoms with van der Waals surface area (Å²) < 4.78 is 25.6. The summed E-state index contributed by atoms with van der Waals surface area (Å²) >= 11 is 5.44. The maximum Gasteiger partial charge on any atom is 0.325 e. The molecular weight excluding hydrogens is 274 g/mol. The first-order valence-corrected chi connectivity index (χ1v) is 4.78. The second kappa shape index (κ2) is 5.09. The predicted octanol–water partition coefficient (Wildman–Crippen LogP) is 1.59. The number of carboxylic acid groups (broad SMARTS) is 2. The highest BCUT2D eigenvalue weighted by molar-refractivity contribution is 6.35. The van der Waals surface area contributed by atoms with Gasteiger partial charge in [-0.3, -0.25) is 14.4 Å². The van der Waals surface area contributed by atoms with Crippen molar-refractivity contribution < 1.29 is 33.4 Å². The van der Waals surface area contributed by atoms with Crippen molar-refractivity contribution in [3.05, 3.63) is 34.4 Å². The molecule has 0 radical (unpaired) electrons. The van der Waals surface area contributed by atoms with Crippen LogP contribution in [0.5, 0.6) is 0 Å². The summed E-state index contributed by atoms with van der Waals surface area (Å²) in [6, 6.07) is 0.823. The standard InChI is InChI=1S/C10H5ClF2O5/c11-4-2-6(13)5(12)1-3(4)8(14)7(9(15)16)10(17)18/h1-2,7H,(H,15,16)(H,17,18). The van der Waals surface area contributed by atoms with E-state index in [9.17, 15) is 23.2 Å². The molecule has 1 aromatic carbocycles. The molecule has 18 heavy (non-hydrogen) atoms. The molecule has 8 heteroatoms. The Labute approximate surface area is 104 Å². The number of hydrogen-bond donors (Lipinski definition) is 2. The molecule has 0 saturated heterocycles. The van der Waals surface area contributed by atoms with Gasteiger partial charge in [0, 0.05) is 5.56 Å². The van der Waals surface area contributed by atoms with Gasteiger partial charge >= 0.3 is 11.9 Å². The van der Waals surface area contributed by atoms with Gasteiger partial charge in [0.15, 0.2) is 17.4 Å². The number of carbonyl (C=O) groups excluding carboxylic acids is 1. The van der Waals surface area contributed by atoms with Crippen LogP contribution in [0.4, 0.5) is 8.78 Å². The Bertz CT molecular complexity index is 529. The van der Waals surface area contributed by atoms with Crippen LogP contribution in [0, 0.1) is 17.6 Å². The van der Waals surface area contributed by atoms with Crippen LogP contribution in [-0.4, -0.2) is 27.9 Å². The molecule has 0 fully saturated rings. The lowest BCUT2D eigenvalue weighted by molar-refractivity contribution is -0.151. The molecule has 0 bridgehead atoms. The van der Waals surface area contributed by atoms with E-state index in [1.807, 2.05) is 0 Å². The van der Waals surface area contributed by atoms with Gasteiger partial charge in [0.1, 0.15) is 0 Å². The molecule has 0 aliphatic heterocycles. The summed E-state index contributed by atoms with van der Waals surface area (Å²) in [6.07, 6.45) is 0. The van der Waals surface area contributed by atoms with E-state index in [0.717, 1.165) is 0 Å². The molecule has 0 atom stereocenters. The molecule has 0 heterocycles. The van der Waals surface area contributed by atoms with Gasteiger partial charge in [-0.05, 0) is 12.1 Å². The average Bonchev–Trinajstić information content (AvgIpc) is 2.22. The minimum Gasteiger partial charge on any atom is -0.480 e. The number of benzene rings is 1. The number of rotatable bonds is 4. The number of carbonyl (C=O) groups is 3. The van der Waals surface area contributed by atoms with Gasteiger partial charge in [0.05, 0.1) is 5.02 Å². The maximum absolute atomic E-state index is 12.9. The van der Waals surface area contributed by atoms with Gasteiger partial charge in [-0.25, -0.2) is 8.78 Å². The molecule has 1 rings (SSSR count). The molecule has 0 aromatic heterocycles. The van der Waals surface area contributed by atoms with Crippen LogP contribution in [0.2, 0.25) is 5.02 Å². The van der Waals surface area contributed by atoms with E-state index in [2.05, 4.69) is 0 Å². The quantitative estimate of drug-likeness (QED) is 0.496. The van der Waals surface area contributed by atoms with Gasteiger partial charge < -0.3 is 10.2 Å². The fraction of sp³-hybridized carbons (Fsp3) is 0.100. The van der Waals surface area contributed by atoms with E-state index in [0.29, 0.717) is 12.1 Å². The molecule has 1 aromatic rings. The Morgan fingerprint density at radius 2 is 1.50 bits per heavy atom. The average molecular weight is 279 g/mol. The molecule has 0 spiro atoms. The number of aliphatic carboxylic acids is 2. The number of carboxylic acids is 2. The highest BCUT2D eigenvalue weighted by Gasteiger charge is 2.36. The fourth-order valence-electron chi connectivity index (χ4n) is 1.20. The Kier molecular flexibility index (Phi) is 3.97. The first-order valence-electron chi connectivity index (χ1n) is 4.40. The fourth-order valence-corrected chi connectivity index (χ4v) is 1.44. The summed E-state index contributed by atoms with van der Waals surface area (Å²) in [6.45, 7) is 0. The van der Waals surface area contributed by atoms with Crippen LogP contribution in [0.3, 0.4) is 0 Å². The monoisotopic (exact) mass is 278 g/mol. The van der Waals surface area contributed by atoms with Crippen LogP contribution in [0.1, 0.15) is 10.4 Å². The minimum absolute atomic E-state index is 0.360. The zero-order valence-corrected chi connectivity index (χ0v) is 9.24. The van der Waals surface area contributed by atoms with Gasteiger partial charge in [0.25, 0.3) is 0 Å². The van der Waals surface area contributed by atoms with Gasteiger partial charge in [-0.2, -0.15) is 0 Å². The number of halogens is 3. The summed E-state index contributed by atoms with van der Waals surface area (Å²) in [7, 11) is 0. The summed E-state index contributed by atoms with van der Waals surface area (Å²) in [5.41, 5.74) is -0.703. The highest BCUT2D eigenvalue weighted by Crippen LogP contribution is 2.23. The van der Waals surface area contributed by atoms with Crippen molar-refractivity contribution in [1.82, 2.24) is 0 Å². The van der Waals surface area contributed by atoms with Crippen molar-refractivity contribution in [2.75, 3.05) is 0 Å². The Morgan fingerprint density at radius 3 is 1.94 bits per heavy atom. The second-order valence-corrected chi connectivity index (χ2v) is 3.63. The third-order valence-corrected chi connectivity index (χ3v) is 2.34. The lowest BCUT2D eigenvalue weighted by Gasteiger charge is -2.08. The maximum atomic E-state index is 12.9. The third-order valence-electron chi connectivity index (χ3n) is 2.03. The highest BCUT2D eigenvalue weighted by atomic mass is 35.5. The predicted molar refractivity (Wildman–Crippen MR) is 54.5 cm³/mol. The van der Waals surface area contributed by atoms with Crippen LogP contribution < -0.4 is 0 Å². The van der Waals surface area contributed by atoms with Gasteiger partial charge in [-0.15, -0.1) is 0 Å². The number of ketones is 1. The molecule has 2 N–H and O–H groups in total. The van der Waals surface area contributed by atoms with Crippen LogP contribution in [0.25, 0.3) is 0 Å². The topological polar surface area (TPSA) is 91.7 Å². The van der Waals surface area contributed by atoms with Crippen LogP contribution in [-0.2, 0) is 9.59 Å². The third kappa shape index (κ3) is 2.62. The lowest BCUT2D eigenvalue weighted by Crippen LogP contribution is -2.31. The largest absolute Gasteiger partial charge is 0.480 e. The molecule has 96 valence electrons. The van der Waals surface area contributed by atoms with E-state index in [4.69, 9.17) is 21.8 Å². The SMILES string of the molecule is O=C(O)C(C(=O)O)C(=O)c1cc(F)c(F)cc1Cl. The number of hydrogen-bond acceptors (Lipinski definition) is 3. The van der Waals surface area contributed by atoms with E-state index in [1.165, 1.54) is 0 Å². The van der Waals surface area contributed by atoms with E-state index in [1.54, 1.807) is 0 Å².